The zero-order chi connectivity index (χ0) is 7.14. The van der Waals surface area contributed by atoms with Crippen molar-refractivity contribution >= 4 is 44.8 Å². The van der Waals surface area contributed by atoms with Gasteiger partial charge in [0.05, 0.1) is 15.2 Å². The van der Waals surface area contributed by atoms with Gasteiger partial charge in [0.15, 0.2) is 0 Å². The summed E-state index contributed by atoms with van der Waals surface area (Å²) >= 11 is 13.1. The SMILES string of the molecule is Clc1sc2cc[nH]c2c1Cl. The molecule has 0 aliphatic heterocycles. The first-order valence-corrected chi connectivity index (χ1v) is 4.27. The smallest absolute Gasteiger partial charge is 0.114 e. The molecule has 2 heterocycles. The zero-order valence-corrected chi connectivity index (χ0v) is 7.15. The molecule has 4 heteroatoms. The van der Waals surface area contributed by atoms with Crippen LogP contribution in [0.2, 0.25) is 9.36 Å². The van der Waals surface area contributed by atoms with E-state index < -0.39 is 0 Å². The van der Waals surface area contributed by atoms with Gasteiger partial charge in [-0.2, -0.15) is 0 Å². The summed E-state index contributed by atoms with van der Waals surface area (Å²) in [7, 11) is 0. The van der Waals surface area contributed by atoms with Crippen molar-refractivity contribution in [1.29, 1.82) is 0 Å². The summed E-state index contributed by atoms with van der Waals surface area (Å²) in [6, 6.07) is 1.96. The fourth-order valence-corrected chi connectivity index (χ4v) is 2.31. The Bertz CT molecular complexity index is 363. The molecule has 0 saturated heterocycles. The van der Waals surface area contributed by atoms with Crippen LogP contribution in [0.25, 0.3) is 10.2 Å². The van der Waals surface area contributed by atoms with Crippen LogP contribution in [0, 0.1) is 0 Å². The third kappa shape index (κ3) is 0.764. The summed E-state index contributed by atoms with van der Waals surface area (Å²) in [6.45, 7) is 0. The fraction of sp³-hybridized carbons (Fsp3) is 0. The Kier molecular flexibility index (Phi) is 1.41. The predicted octanol–water partition coefficient (Wildman–Crippen LogP) is 3.54. The molecule has 10 heavy (non-hydrogen) atoms. The number of halogens is 2. The van der Waals surface area contributed by atoms with Gasteiger partial charge in [-0.15, -0.1) is 11.3 Å². The summed E-state index contributed by atoms with van der Waals surface area (Å²) in [4.78, 5) is 3.00. The Hall–Kier alpha value is -0.180. The van der Waals surface area contributed by atoms with E-state index in [1.807, 2.05) is 12.3 Å². The molecule has 2 aromatic heterocycles. The highest BCUT2D eigenvalue weighted by Gasteiger charge is 2.07. The van der Waals surface area contributed by atoms with Gasteiger partial charge in [0.1, 0.15) is 4.34 Å². The summed E-state index contributed by atoms with van der Waals surface area (Å²) in [5, 5.41) is 0.631. The van der Waals surface area contributed by atoms with E-state index in [9.17, 15) is 0 Å². The van der Waals surface area contributed by atoms with Crippen molar-refractivity contribution in [2.45, 2.75) is 0 Å². The van der Waals surface area contributed by atoms with Crippen LogP contribution in [0.15, 0.2) is 12.3 Å². The molecular weight excluding hydrogens is 189 g/mol. The van der Waals surface area contributed by atoms with Crippen molar-refractivity contribution in [3.63, 3.8) is 0 Å². The first-order valence-electron chi connectivity index (χ1n) is 2.70. The number of aromatic nitrogens is 1. The van der Waals surface area contributed by atoms with Gasteiger partial charge in [-0.05, 0) is 6.07 Å². The van der Waals surface area contributed by atoms with Crippen molar-refractivity contribution in [3.05, 3.63) is 21.6 Å². The minimum atomic E-state index is 0.631. The quantitative estimate of drug-likeness (QED) is 0.657. The fourth-order valence-electron chi connectivity index (χ4n) is 0.851. The molecule has 0 radical (unpaired) electrons. The molecule has 2 aromatic rings. The summed E-state index contributed by atoms with van der Waals surface area (Å²) in [5.74, 6) is 0. The Morgan fingerprint density at radius 3 is 2.90 bits per heavy atom. The van der Waals surface area contributed by atoms with E-state index in [0.717, 1.165) is 10.2 Å². The van der Waals surface area contributed by atoms with Crippen molar-refractivity contribution in [2.24, 2.45) is 0 Å². The topological polar surface area (TPSA) is 15.8 Å². The number of hydrogen-bond donors (Lipinski definition) is 1. The van der Waals surface area contributed by atoms with E-state index in [1.165, 1.54) is 11.3 Å². The molecule has 0 unspecified atom stereocenters. The highest BCUT2D eigenvalue weighted by Crippen LogP contribution is 2.37. The van der Waals surface area contributed by atoms with Gasteiger partial charge in [0.25, 0.3) is 0 Å². The van der Waals surface area contributed by atoms with E-state index in [0.29, 0.717) is 9.36 Å². The van der Waals surface area contributed by atoms with Crippen LogP contribution in [-0.2, 0) is 0 Å². The van der Waals surface area contributed by atoms with Gasteiger partial charge in [-0.3, -0.25) is 0 Å². The summed E-state index contributed by atoms with van der Waals surface area (Å²) < 4.78 is 1.76. The molecule has 0 amide bonds. The van der Waals surface area contributed by atoms with Gasteiger partial charge in [-0.25, -0.2) is 0 Å². The van der Waals surface area contributed by atoms with Crippen LogP contribution >= 0.6 is 34.5 Å². The Labute approximate surface area is 71.6 Å². The third-order valence-electron chi connectivity index (χ3n) is 1.30. The average molecular weight is 192 g/mol. The Morgan fingerprint density at radius 1 is 1.40 bits per heavy atom. The molecule has 0 saturated carbocycles. The van der Waals surface area contributed by atoms with Crippen molar-refractivity contribution in [1.82, 2.24) is 4.98 Å². The van der Waals surface area contributed by atoms with Crippen LogP contribution in [0.1, 0.15) is 0 Å². The predicted molar refractivity (Wildman–Crippen MR) is 46.2 cm³/mol. The Morgan fingerprint density at radius 2 is 2.20 bits per heavy atom. The maximum atomic E-state index is 5.83. The monoisotopic (exact) mass is 191 g/mol. The van der Waals surface area contributed by atoms with Crippen molar-refractivity contribution < 1.29 is 0 Å². The number of H-pyrrole nitrogens is 1. The van der Waals surface area contributed by atoms with E-state index in [-0.39, 0.29) is 0 Å². The molecule has 1 nitrogen and oxygen atoms in total. The minimum absolute atomic E-state index is 0.631. The van der Waals surface area contributed by atoms with E-state index in [2.05, 4.69) is 4.98 Å². The molecule has 0 aromatic carbocycles. The molecular formula is C6H3Cl2NS. The summed E-state index contributed by atoms with van der Waals surface area (Å²) in [6.07, 6.45) is 1.85. The van der Waals surface area contributed by atoms with E-state index in [1.54, 1.807) is 0 Å². The molecule has 1 N–H and O–H groups in total. The lowest BCUT2D eigenvalue weighted by atomic mass is 10.5. The van der Waals surface area contributed by atoms with Crippen LogP contribution in [0.3, 0.4) is 0 Å². The molecule has 0 spiro atoms. The number of nitrogens with one attached hydrogen (secondary N) is 1. The van der Waals surface area contributed by atoms with E-state index >= 15 is 0 Å². The van der Waals surface area contributed by atoms with Gasteiger partial charge >= 0.3 is 0 Å². The maximum absolute atomic E-state index is 5.83. The largest absolute Gasteiger partial charge is 0.359 e. The first kappa shape index (κ1) is 6.53. The molecule has 0 fully saturated rings. The molecule has 2 rings (SSSR count). The second-order valence-electron chi connectivity index (χ2n) is 1.91. The molecule has 0 aliphatic carbocycles. The number of hydrogen-bond acceptors (Lipinski definition) is 1. The standard InChI is InChI=1S/C6H3Cl2NS/c7-4-5-3(1-2-9-5)10-6(4)8/h1-2,9H. The summed E-state index contributed by atoms with van der Waals surface area (Å²) in [5.41, 5.74) is 0.941. The lowest BCUT2D eigenvalue weighted by Gasteiger charge is -1.79. The lowest BCUT2D eigenvalue weighted by molar-refractivity contribution is 1.48. The van der Waals surface area contributed by atoms with Crippen LogP contribution in [0.4, 0.5) is 0 Å². The highest BCUT2D eigenvalue weighted by molar-refractivity contribution is 7.23. The first-order chi connectivity index (χ1) is 4.79. The van der Waals surface area contributed by atoms with Crippen LogP contribution < -0.4 is 0 Å². The molecule has 0 aliphatic rings. The highest BCUT2D eigenvalue weighted by atomic mass is 35.5. The van der Waals surface area contributed by atoms with E-state index in [4.69, 9.17) is 23.2 Å². The maximum Gasteiger partial charge on any atom is 0.114 e. The van der Waals surface area contributed by atoms with Crippen LogP contribution in [-0.4, -0.2) is 4.98 Å². The molecule has 0 bridgehead atoms. The third-order valence-corrected chi connectivity index (χ3v) is 3.25. The Balaban J connectivity index is 2.95. The lowest BCUT2D eigenvalue weighted by Crippen LogP contribution is -1.58. The van der Waals surface area contributed by atoms with Gasteiger partial charge < -0.3 is 4.98 Å². The number of thiophene rings is 1. The second kappa shape index (κ2) is 2.16. The van der Waals surface area contributed by atoms with Gasteiger partial charge in [0.2, 0.25) is 0 Å². The number of fused-ring (bicyclic) bond motifs is 1. The van der Waals surface area contributed by atoms with Gasteiger partial charge in [-0.1, -0.05) is 23.2 Å². The average Bonchev–Trinajstić information content (AvgIpc) is 2.41. The normalized spacial score (nSPS) is 11.0. The van der Waals surface area contributed by atoms with Gasteiger partial charge in [0, 0.05) is 6.20 Å². The molecule has 52 valence electrons. The second-order valence-corrected chi connectivity index (χ2v) is 3.94. The number of rotatable bonds is 0. The minimum Gasteiger partial charge on any atom is -0.359 e. The van der Waals surface area contributed by atoms with Crippen molar-refractivity contribution in [2.75, 3.05) is 0 Å². The van der Waals surface area contributed by atoms with Crippen LogP contribution in [0.5, 0.6) is 0 Å². The van der Waals surface area contributed by atoms with Crippen molar-refractivity contribution in [3.8, 4) is 0 Å². The number of aromatic amines is 1. The molecule has 0 atom stereocenters. The zero-order valence-electron chi connectivity index (χ0n) is 4.82.